The van der Waals surface area contributed by atoms with Gasteiger partial charge in [0.15, 0.2) is 0 Å². The van der Waals surface area contributed by atoms with Gasteiger partial charge in [0.05, 0.1) is 6.04 Å². The van der Waals surface area contributed by atoms with Crippen molar-refractivity contribution in [1.82, 2.24) is 14.7 Å². The van der Waals surface area contributed by atoms with E-state index in [9.17, 15) is 4.79 Å². The minimum absolute atomic E-state index is 0.0976. The Morgan fingerprint density at radius 3 is 2.24 bits per heavy atom. The number of amides is 1. The molecule has 0 aromatic heterocycles. The Balaban J connectivity index is 1.62. The van der Waals surface area contributed by atoms with Crippen LogP contribution in [0.1, 0.15) is 58.1 Å². The van der Waals surface area contributed by atoms with Gasteiger partial charge in [-0.2, -0.15) is 0 Å². The van der Waals surface area contributed by atoms with Crippen molar-refractivity contribution in [3.63, 3.8) is 0 Å². The summed E-state index contributed by atoms with van der Waals surface area (Å²) in [5.41, 5.74) is 7.15. The molecule has 1 aliphatic rings. The third-order valence-electron chi connectivity index (χ3n) is 7.67. The van der Waals surface area contributed by atoms with Crippen LogP contribution < -0.4 is 0 Å². The molecule has 0 radical (unpaired) electrons. The van der Waals surface area contributed by atoms with Crippen LogP contribution in [-0.4, -0.2) is 59.9 Å². The molecule has 1 heterocycles. The molecule has 198 valence electrons. The second kappa shape index (κ2) is 13.4. The van der Waals surface area contributed by atoms with Crippen LogP contribution in [0.2, 0.25) is 0 Å². The van der Waals surface area contributed by atoms with Gasteiger partial charge in [0.2, 0.25) is 0 Å². The van der Waals surface area contributed by atoms with Crippen LogP contribution in [0.5, 0.6) is 0 Å². The lowest BCUT2D eigenvalue weighted by atomic mass is 9.90. The lowest BCUT2D eigenvalue weighted by Gasteiger charge is -2.40. The van der Waals surface area contributed by atoms with Crippen LogP contribution in [0.4, 0.5) is 0 Å². The topological polar surface area (TPSA) is 26.8 Å². The van der Waals surface area contributed by atoms with Gasteiger partial charge in [-0.3, -0.25) is 14.6 Å². The number of rotatable bonds is 10. The molecule has 0 saturated carbocycles. The molecule has 0 spiro atoms. The minimum Gasteiger partial charge on any atom is -0.339 e. The molecule has 1 fully saturated rings. The highest BCUT2D eigenvalue weighted by atomic mass is 16.2. The highest BCUT2D eigenvalue weighted by molar-refractivity contribution is 5.94. The molecular formula is C34H41N3O. The second-order valence-corrected chi connectivity index (χ2v) is 9.96. The van der Waals surface area contributed by atoms with Crippen molar-refractivity contribution in [3.05, 3.63) is 125 Å². The average molecular weight is 508 g/mol. The van der Waals surface area contributed by atoms with Crippen LogP contribution in [-0.2, 0) is 6.54 Å². The van der Waals surface area contributed by atoms with Crippen molar-refractivity contribution in [2.45, 2.75) is 33.4 Å². The fraction of sp³-hybridized carbons (Fsp3) is 0.324. The first-order valence-electron chi connectivity index (χ1n) is 13.8. The maximum Gasteiger partial charge on any atom is 0.253 e. The Hall–Kier alpha value is -3.47. The van der Waals surface area contributed by atoms with E-state index in [1.807, 2.05) is 43.0 Å². The lowest BCUT2D eigenvalue weighted by Crippen LogP contribution is -2.47. The zero-order valence-electron chi connectivity index (χ0n) is 23.1. The number of hydrogen-bond donors (Lipinski definition) is 0. The first-order valence-corrected chi connectivity index (χ1v) is 13.8. The van der Waals surface area contributed by atoms with Gasteiger partial charge in [0, 0.05) is 51.4 Å². The van der Waals surface area contributed by atoms with Crippen LogP contribution in [0, 0.1) is 6.92 Å². The summed E-state index contributed by atoms with van der Waals surface area (Å²) in [4.78, 5) is 20.0. The molecule has 0 N–H and O–H groups in total. The normalized spacial score (nSPS) is 15.4. The zero-order chi connectivity index (χ0) is 26.9. The largest absolute Gasteiger partial charge is 0.339 e. The average Bonchev–Trinajstić information content (AvgIpc) is 2.96. The summed E-state index contributed by atoms with van der Waals surface area (Å²) in [7, 11) is 0. The Labute approximate surface area is 228 Å². The van der Waals surface area contributed by atoms with E-state index >= 15 is 0 Å². The molecule has 3 aromatic rings. The van der Waals surface area contributed by atoms with Crippen LogP contribution >= 0.6 is 0 Å². The number of allylic oxidation sites excluding steroid dienone is 2. The molecule has 38 heavy (non-hydrogen) atoms. The van der Waals surface area contributed by atoms with E-state index in [-0.39, 0.29) is 11.9 Å². The molecule has 4 rings (SSSR count). The Morgan fingerprint density at radius 1 is 0.921 bits per heavy atom. The van der Waals surface area contributed by atoms with Crippen molar-refractivity contribution in [2.75, 3.05) is 39.3 Å². The molecule has 0 bridgehead atoms. The second-order valence-electron chi connectivity index (χ2n) is 9.96. The number of carbonyl (C=O) groups is 1. The highest BCUT2D eigenvalue weighted by Crippen LogP contribution is 2.33. The lowest BCUT2D eigenvalue weighted by molar-refractivity contribution is 0.0773. The fourth-order valence-electron chi connectivity index (χ4n) is 5.43. The summed E-state index contributed by atoms with van der Waals surface area (Å²) in [6, 6.07) is 25.8. The molecule has 1 atom stereocenters. The molecule has 4 nitrogen and oxygen atoms in total. The summed E-state index contributed by atoms with van der Waals surface area (Å²) < 4.78 is 0. The monoisotopic (exact) mass is 507 g/mol. The van der Waals surface area contributed by atoms with Gasteiger partial charge in [-0.1, -0.05) is 85.5 Å². The Morgan fingerprint density at radius 2 is 1.61 bits per heavy atom. The third kappa shape index (κ3) is 6.50. The van der Waals surface area contributed by atoms with Crippen molar-refractivity contribution >= 4 is 12.0 Å². The standard InChI is InChI=1S/C34H41N3O/c1-5-8-15-29-16-12-17-32(27(29)4)33(30-18-20-31(21-19-30)34(38)36(6-2)7-3)37-24-22-35(23-25-37)26-28-13-10-9-11-14-28/h5,8-21,33H,1,6-7,22-26H2,2-4H3/b15-8-. The smallest absolute Gasteiger partial charge is 0.253 e. The molecule has 1 aliphatic heterocycles. The Bertz CT molecular complexity index is 1220. The predicted octanol–water partition coefficient (Wildman–Crippen LogP) is 6.58. The predicted molar refractivity (Wildman–Crippen MR) is 159 cm³/mol. The molecule has 4 heteroatoms. The number of piperazine rings is 1. The summed E-state index contributed by atoms with van der Waals surface area (Å²) >= 11 is 0. The van der Waals surface area contributed by atoms with E-state index in [0.717, 1.165) is 51.4 Å². The zero-order valence-corrected chi connectivity index (χ0v) is 23.1. The van der Waals surface area contributed by atoms with Gasteiger partial charge >= 0.3 is 0 Å². The maximum absolute atomic E-state index is 12.9. The number of nitrogens with zero attached hydrogens (tertiary/aromatic N) is 3. The molecule has 0 aliphatic carbocycles. The van der Waals surface area contributed by atoms with E-state index in [2.05, 4.69) is 90.0 Å². The van der Waals surface area contributed by atoms with Crippen molar-refractivity contribution < 1.29 is 4.79 Å². The number of benzene rings is 3. The van der Waals surface area contributed by atoms with Gasteiger partial charge < -0.3 is 4.90 Å². The summed E-state index contributed by atoms with van der Waals surface area (Å²) in [6.45, 7) is 16.6. The first-order chi connectivity index (χ1) is 18.5. The minimum atomic E-state index is 0.0976. The van der Waals surface area contributed by atoms with E-state index in [1.54, 1.807) is 0 Å². The van der Waals surface area contributed by atoms with Crippen molar-refractivity contribution in [3.8, 4) is 0 Å². The maximum atomic E-state index is 12.9. The summed E-state index contributed by atoms with van der Waals surface area (Å²) in [5.74, 6) is 0.0976. The van der Waals surface area contributed by atoms with Gasteiger partial charge in [0.25, 0.3) is 5.91 Å². The first kappa shape index (κ1) is 27.6. The Kier molecular flexibility index (Phi) is 9.69. The number of hydrogen-bond acceptors (Lipinski definition) is 3. The molecule has 3 aromatic carbocycles. The van der Waals surface area contributed by atoms with Crippen LogP contribution in [0.15, 0.2) is 91.5 Å². The van der Waals surface area contributed by atoms with Crippen molar-refractivity contribution in [2.24, 2.45) is 0 Å². The SMILES string of the molecule is C=C/C=C\c1cccc(C(c2ccc(C(=O)N(CC)CC)cc2)N2CCN(Cc3ccccc3)CC2)c1C. The highest BCUT2D eigenvalue weighted by Gasteiger charge is 2.28. The van der Waals surface area contributed by atoms with Crippen LogP contribution in [0.3, 0.4) is 0 Å². The fourth-order valence-corrected chi connectivity index (χ4v) is 5.43. The third-order valence-corrected chi connectivity index (χ3v) is 7.67. The van der Waals surface area contributed by atoms with Crippen molar-refractivity contribution in [1.29, 1.82) is 0 Å². The summed E-state index contributed by atoms with van der Waals surface area (Å²) in [6.07, 6.45) is 5.95. The summed E-state index contributed by atoms with van der Waals surface area (Å²) in [5, 5.41) is 0. The van der Waals surface area contributed by atoms with Gasteiger partial charge in [-0.15, -0.1) is 0 Å². The quantitative estimate of drug-likeness (QED) is 0.290. The van der Waals surface area contributed by atoms with E-state index in [4.69, 9.17) is 0 Å². The molecule has 1 amide bonds. The van der Waals surface area contributed by atoms with Gasteiger partial charge in [-0.05, 0) is 60.7 Å². The number of carbonyl (C=O) groups excluding carboxylic acids is 1. The van der Waals surface area contributed by atoms with E-state index in [1.165, 1.54) is 27.8 Å². The van der Waals surface area contributed by atoms with E-state index < -0.39 is 0 Å². The van der Waals surface area contributed by atoms with Gasteiger partial charge in [0.1, 0.15) is 0 Å². The molecule has 1 unspecified atom stereocenters. The molecular weight excluding hydrogens is 466 g/mol. The van der Waals surface area contributed by atoms with Crippen LogP contribution in [0.25, 0.3) is 6.08 Å². The van der Waals surface area contributed by atoms with E-state index in [0.29, 0.717) is 0 Å². The molecule has 1 saturated heterocycles. The van der Waals surface area contributed by atoms with Gasteiger partial charge in [-0.25, -0.2) is 0 Å².